The Labute approximate surface area is 117 Å². The summed E-state index contributed by atoms with van der Waals surface area (Å²) in [5, 5.41) is 3.45. The highest BCUT2D eigenvalue weighted by Crippen LogP contribution is 2.32. The molecule has 2 rings (SSSR count). The van der Waals surface area contributed by atoms with E-state index >= 15 is 0 Å². The molecule has 3 heteroatoms. The van der Waals surface area contributed by atoms with Gasteiger partial charge in [-0.2, -0.15) is 0 Å². The van der Waals surface area contributed by atoms with Gasteiger partial charge in [0, 0.05) is 18.2 Å². The van der Waals surface area contributed by atoms with Crippen LogP contribution in [-0.4, -0.2) is 6.04 Å². The highest BCUT2D eigenvalue weighted by molar-refractivity contribution is 9.10. The standard InChI is InChI=1S/C15H18BrNO/c1-10(2)17-9-12-5-4-11(3)8-13(12)15-14(16)6-7-18-15/h4-8,10,17H,9H2,1-3H3. The van der Waals surface area contributed by atoms with Crippen LogP contribution in [0.25, 0.3) is 11.3 Å². The Balaban J connectivity index is 2.38. The summed E-state index contributed by atoms with van der Waals surface area (Å²) >= 11 is 3.53. The van der Waals surface area contributed by atoms with Gasteiger partial charge in [0.1, 0.15) is 5.76 Å². The summed E-state index contributed by atoms with van der Waals surface area (Å²) in [6.45, 7) is 7.24. The highest BCUT2D eigenvalue weighted by Gasteiger charge is 2.12. The first kappa shape index (κ1) is 13.4. The minimum atomic E-state index is 0.471. The second kappa shape index (κ2) is 5.72. The quantitative estimate of drug-likeness (QED) is 0.898. The zero-order valence-electron chi connectivity index (χ0n) is 11.0. The molecule has 2 nitrogen and oxygen atoms in total. The molecule has 0 bridgehead atoms. The highest BCUT2D eigenvalue weighted by atomic mass is 79.9. The predicted octanol–water partition coefficient (Wildman–Crippen LogP) is 4.52. The fraction of sp³-hybridized carbons (Fsp3) is 0.333. The van der Waals surface area contributed by atoms with Gasteiger partial charge in [-0.3, -0.25) is 0 Å². The molecular formula is C15H18BrNO. The van der Waals surface area contributed by atoms with E-state index in [9.17, 15) is 0 Å². The fourth-order valence-corrected chi connectivity index (χ4v) is 2.27. The van der Waals surface area contributed by atoms with Crippen LogP contribution < -0.4 is 5.32 Å². The zero-order chi connectivity index (χ0) is 13.1. The fourth-order valence-electron chi connectivity index (χ4n) is 1.86. The molecule has 0 fully saturated rings. The summed E-state index contributed by atoms with van der Waals surface area (Å²) < 4.78 is 6.58. The molecule has 1 N–H and O–H groups in total. The molecule has 1 aromatic carbocycles. The summed E-state index contributed by atoms with van der Waals surface area (Å²) in [5.41, 5.74) is 3.64. The minimum absolute atomic E-state index is 0.471. The van der Waals surface area contributed by atoms with E-state index in [0.717, 1.165) is 22.3 Å². The van der Waals surface area contributed by atoms with Crippen molar-refractivity contribution in [1.29, 1.82) is 0 Å². The summed E-state index contributed by atoms with van der Waals surface area (Å²) in [6.07, 6.45) is 1.71. The van der Waals surface area contributed by atoms with E-state index < -0.39 is 0 Å². The topological polar surface area (TPSA) is 25.2 Å². The Morgan fingerprint density at radius 1 is 1.28 bits per heavy atom. The van der Waals surface area contributed by atoms with Gasteiger partial charge in [0.2, 0.25) is 0 Å². The van der Waals surface area contributed by atoms with Crippen molar-refractivity contribution >= 4 is 15.9 Å². The molecule has 0 radical (unpaired) electrons. The lowest BCUT2D eigenvalue weighted by Crippen LogP contribution is -2.22. The molecule has 0 spiro atoms. The van der Waals surface area contributed by atoms with E-state index in [2.05, 4.69) is 60.2 Å². The number of aryl methyl sites for hydroxylation is 1. The van der Waals surface area contributed by atoms with Crippen LogP contribution in [0.15, 0.2) is 39.4 Å². The van der Waals surface area contributed by atoms with Crippen molar-refractivity contribution in [2.24, 2.45) is 0 Å². The van der Waals surface area contributed by atoms with Gasteiger partial charge in [-0.1, -0.05) is 31.5 Å². The van der Waals surface area contributed by atoms with Gasteiger partial charge in [-0.15, -0.1) is 0 Å². The third kappa shape index (κ3) is 3.03. The van der Waals surface area contributed by atoms with E-state index in [1.807, 2.05) is 6.07 Å². The number of hydrogen-bond acceptors (Lipinski definition) is 2. The van der Waals surface area contributed by atoms with E-state index in [1.54, 1.807) is 6.26 Å². The molecule has 0 saturated carbocycles. The van der Waals surface area contributed by atoms with Crippen LogP contribution in [-0.2, 0) is 6.54 Å². The Hall–Kier alpha value is -1.06. The summed E-state index contributed by atoms with van der Waals surface area (Å²) in [5.74, 6) is 0.902. The van der Waals surface area contributed by atoms with Crippen molar-refractivity contribution in [3.8, 4) is 11.3 Å². The first-order chi connectivity index (χ1) is 8.58. The Bertz CT molecular complexity index is 531. The molecule has 18 heavy (non-hydrogen) atoms. The van der Waals surface area contributed by atoms with Gasteiger partial charge in [-0.05, 0) is 40.5 Å². The molecule has 1 heterocycles. The SMILES string of the molecule is Cc1ccc(CNC(C)C)c(-c2occc2Br)c1. The number of halogens is 1. The molecular weight excluding hydrogens is 290 g/mol. The first-order valence-corrected chi connectivity index (χ1v) is 6.93. The zero-order valence-corrected chi connectivity index (χ0v) is 12.5. The van der Waals surface area contributed by atoms with Gasteiger partial charge in [0.25, 0.3) is 0 Å². The van der Waals surface area contributed by atoms with Crippen LogP contribution in [0.4, 0.5) is 0 Å². The third-order valence-corrected chi connectivity index (χ3v) is 3.45. The van der Waals surface area contributed by atoms with E-state index in [0.29, 0.717) is 6.04 Å². The smallest absolute Gasteiger partial charge is 0.148 e. The second-order valence-electron chi connectivity index (χ2n) is 4.79. The van der Waals surface area contributed by atoms with Gasteiger partial charge in [0.15, 0.2) is 0 Å². The van der Waals surface area contributed by atoms with E-state index in [-0.39, 0.29) is 0 Å². The molecule has 0 unspecified atom stereocenters. The molecule has 0 saturated heterocycles. The molecule has 96 valence electrons. The molecule has 0 amide bonds. The monoisotopic (exact) mass is 307 g/mol. The molecule has 0 aliphatic carbocycles. The first-order valence-electron chi connectivity index (χ1n) is 6.14. The Kier molecular flexibility index (Phi) is 4.25. The van der Waals surface area contributed by atoms with Crippen LogP contribution in [0, 0.1) is 6.92 Å². The number of hydrogen-bond donors (Lipinski definition) is 1. The Morgan fingerprint density at radius 3 is 2.67 bits per heavy atom. The minimum Gasteiger partial charge on any atom is -0.463 e. The van der Waals surface area contributed by atoms with Gasteiger partial charge in [0.05, 0.1) is 10.7 Å². The normalized spacial score (nSPS) is 11.2. The molecule has 1 aromatic heterocycles. The molecule has 0 atom stereocenters. The molecule has 0 aliphatic rings. The number of nitrogens with one attached hydrogen (secondary N) is 1. The van der Waals surface area contributed by atoms with Crippen molar-refractivity contribution in [3.63, 3.8) is 0 Å². The van der Waals surface area contributed by atoms with Crippen molar-refractivity contribution in [2.45, 2.75) is 33.4 Å². The van der Waals surface area contributed by atoms with E-state index in [1.165, 1.54) is 11.1 Å². The van der Waals surface area contributed by atoms with Crippen LogP contribution in [0.1, 0.15) is 25.0 Å². The number of rotatable bonds is 4. The predicted molar refractivity (Wildman–Crippen MR) is 78.6 cm³/mol. The van der Waals surface area contributed by atoms with Crippen molar-refractivity contribution in [3.05, 3.63) is 46.1 Å². The lowest BCUT2D eigenvalue weighted by molar-refractivity contribution is 0.572. The number of benzene rings is 1. The lowest BCUT2D eigenvalue weighted by Gasteiger charge is -2.12. The van der Waals surface area contributed by atoms with Crippen molar-refractivity contribution < 1.29 is 4.42 Å². The molecule has 2 aromatic rings. The third-order valence-electron chi connectivity index (χ3n) is 2.83. The van der Waals surface area contributed by atoms with Gasteiger partial charge >= 0.3 is 0 Å². The summed E-state index contributed by atoms with van der Waals surface area (Å²) in [6, 6.07) is 8.87. The largest absolute Gasteiger partial charge is 0.463 e. The van der Waals surface area contributed by atoms with E-state index in [4.69, 9.17) is 4.42 Å². The van der Waals surface area contributed by atoms with Crippen LogP contribution in [0.5, 0.6) is 0 Å². The average molecular weight is 308 g/mol. The lowest BCUT2D eigenvalue weighted by atomic mass is 10.0. The molecule has 0 aliphatic heterocycles. The summed E-state index contributed by atoms with van der Waals surface area (Å²) in [4.78, 5) is 0. The van der Waals surface area contributed by atoms with Gasteiger partial charge in [-0.25, -0.2) is 0 Å². The summed E-state index contributed by atoms with van der Waals surface area (Å²) in [7, 11) is 0. The maximum atomic E-state index is 5.58. The van der Waals surface area contributed by atoms with Crippen molar-refractivity contribution in [2.75, 3.05) is 0 Å². The van der Waals surface area contributed by atoms with Crippen molar-refractivity contribution in [1.82, 2.24) is 5.32 Å². The average Bonchev–Trinajstić information content (AvgIpc) is 2.73. The number of furan rings is 1. The van der Waals surface area contributed by atoms with Gasteiger partial charge < -0.3 is 9.73 Å². The second-order valence-corrected chi connectivity index (χ2v) is 5.65. The van der Waals surface area contributed by atoms with Crippen LogP contribution in [0.3, 0.4) is 0 Å². The maximum Gasteiger partial charge on any atom is 0.148 e. The Morgan fingerprint density at radius 2 is 2.06 bits per heavy atom. The maximum absolute atomic E-state index is 5.58. The van der Waals surface area contributed by atoms with Crippen LogP contribution >= 0.6 is 15.9 Å². The van der Waals surface area contributed by atoms with Crippen LogP contribution in [0.2, 0.25) is 0 Å².